The Hall–Kier alpha value is -1.63. The molecule has 1 fully saturated rings. The van der Waals surface area contributed by atoms with Crippen molar-refractivity contribution < 1.29 is 9.53 Å². The number of nitrogens with one attached hydrogen (secondary N) is 2. The zero-order valence-electron chi connectivity index (χ0n) is 10.7. The van der Waals surface area contributed by atoms with E-state index in [0.29, 0.717) is 6.54 Å². The minimum absolute atomic E-state index is 0.154. The molecule has 0 aromatic carbocycles. The molecule has 1 aromatic rings. The highest BCUT2D eigenvalue weighted by molar-refractivity contribution is 5.74. The van der Waals surface area contributed by atoms with Crippen LogP contribution in [-0.2, 0) is 11.8 Å². The van der Waals surface area contributed by atoms with Crippen molar-refractivity contribution in [2.24, 2.45) is 7.05 Å². The van der Waals surface area contributed by atoms with Crippen LogP contribution >= 0.6 is 0 Å². The van der Waals surface area contributed by atoms with Crippen molar-refractivity contribution in [1.29, 1.82) is 0 Å². The number of urea groups is 1. The summed E-state index contributed by atoms with van der Waals surface area (Å²) in [6.45, 7) is 3.22. The van der Waals surface area contributed by atoms with Gasteiger partial charge in [0.05, 0.1) is 12.1 Å². The van der Waals surface area contributed by atoms with Gasteiger partial charge in [0.1, 0.15) is 6.33 Å². The molecule has 7 heteroatoms. The highest BCUT2D eigenvalue weighted by atomic mass is 16.5. The van der Waals surface area contributed by atoms with E-state index in [0.717, 1.165) is 25.3 Å². The van der Waals surface area contributed by atoms with E-state index in [4.69, 9.17) is 4.74 Å². The standard InChI is InChI=1S/C11H19N5O2/c1-8(10-15-13-7-16(10)2)14-11(17)12-6-9-4-3-5-18-9/h7-9H,3-6H2,1-2H3,(H2,12,14,17). The lowest BCUT2D eigenvalue weighted by atomic mass is 10.2. The van der Waals surface area contributed by atoms with Gasteiger partial charge >= 0.3 is 6.03 Å². The van der Waals surface area contributed by atoms with E-state index in [9.17, 15) is 4.79 Å². The van der Waals surface area contributed by atoms with Crippen LogP contribution in [-0.4, -0.2) is 40.1 Å². The average Bonchev–Trinajstić information content (AvgIpc) is 2.97. The van der Waals surface area contributed by atoms with Gasteiger partial charge in [0.25, 0.3) is 0 Å². The van der Waals surface area contributed by atoms with Crippen LogP contribution < -0.4 is 10.6 Å². The largest absolute Gasteiger partial charge is 0.376 e. The number of rotatable bonds is 4. The third-order valence-electron chi connectivity index (χ3n) is 3.00. The first-order valence-electron chi connectivity index (χ1n) is 6.16. The Kier molecular flexibility index (Phi) is 4.14. The number of carbonyl (C=O) groups excluding carboxylic acids is 1. The van der Waals surface area contributed by atoms with Crippen molar-refractivity contribution in [2.45, 2.75) is 31.9 Å². The maximum Gasteiger partial charge on any atom is 0.315 e. The number of nitrogens with zero attached hydrogens (tertiary/aromatic N) is 3. The SMILES string of the molecule is CC(NC(=O)NCC1CCCO1)c1nncn1C. The Bertz CT molecular complexity index is 400. The topological polar surface area (TPSA) is 81.1 Å². The molecular weight excluding hydrogens is 234 g/mol. The summed E-state index contributed by atoms with van der Waals surface area (Å²) >= 11 is 0. The molecule has 0 spiro atoms. The predicted octanol–water partition coefficient (Wildman–Crippen LogP) is 0.354. The summed E-state index contributed by atoms with van der Waals surface area (Å²) in [7, 11) is 1.85. The van der Waals surface area contributed by atoms with E-state index in [2.05, 4.69) is 20.8 Å². The van der Waals surface area contributed by atoms with Crippen LogP contribution in [0.25, 0.3) is 0 Å². The minimum Gasteiger partial charge on any atom is -0.376 e. The van der Waals surface area contributed by atoms with E-state index >= 15 is 0 Å². The molecule has 1 saturated heterocycles. The van der Waals surface area contributed by atoms with Crippen molar-refractivity contribution in [3.63, 3.8) is 0 Å². The fraction of sp³-hybridized carbons (Fsp3) is 0.727. The van der Waals surface area contributed by atoms with Crippen molar-refractivity contribution in [1.82, 2.24) is 25.4 Å². The molecule has 1 aromatic heterocycles. The van der Waals surface area contributed by atoms with Crippen LogP contribution in [0, 0.1) is 0 Å². The summed E-state index contributed by atoms with van der Waals surface area (Å²) in [4.78, 5) is 11.7. The lowest BCUT2D eigenvalue weighted by molar-refractivity contribution is 0.111. The normalized spacial score (nSPS) is 20.7. The molecule has 2 atom stereocenters. The molecule has 1 aliphatic heterocycles. The van der Waals surface area contributed by atoms with Gasteiger partial charge in [-0.1, -0.05) is 0 Å². The molecule has 100 valence electrons. The maximum atomic E-state index is 11.7. The van der Waals surface area contributed by atoms with E-state index in [1.165, 1.54) is 0 Å². The van der Waals surface area contributed by atoms with Gasteiger partial charge in [0.2, 0.25) is 0 Å². The quantitative estimate of drug-likeness (QED) is 0.811. The van der Waals surface area contributed by atoms with Crippen LogP contribution in [0.5, 0.6) is 0 Å². The molecule has 1 aliphatic rings. The highest BCUT2D eigenvalue weighted by Gasteiger charge is 2.18. The monoisotopic (exact) mass is 253 g/mol. The van der Waals surface area contributed by atoms with Crippen LogP contribution in [0.2, 0.25) is 0 Å². The van der Waals surface area contributed by atoms with E-state index < -0.39 is 0 Å². The smallest absolute Gasteiger partial charge is 0.315 e. The Morgan fingerprint density at radius 3 is 3.17 bits per heavy atom. The van der Waals surface area contributed by atoms with Crippen LogP contribution in [0.3, 0.4) is 0 Å². The number of hydrogen-bond donors (Lipinski definition) is 2. The number of carbonyl (C=O) groups is 1. The lowest BCUT2D eigenvalue weighted by Crippen LogP contribution is -2.41. The molecule has 0 aliphatic carbocycles. The molecule has 2 N–H and O–H groups in total. The third-order valence-corrected chi connectivity index (χ3v) is 3.00. The molecule has 2 heterocycles. The van der Waals surface area contributed by atoms with Gasteiger partial charge in [-0.05, 0) is 19.8 Å². The predicted molar refractivity (Wildman–Crippen MR) is 64.9 cm³/mol. The molecule has 0 bridgehead atoms. The molecule has 0 radical (unpaired) electrons. The first-order valence-corrected chi connectivity index (χ1v) is 6.16. The number of aryl methyl sites for hydroxylation is 1. The number of aromatic nitrogens is 3. The van der Waals surface area contributed by atoms with Crippen molar-refractivity contribution in [2.75, 3.05) is 13.2 Å². The summed E-state index contributed by atoms with van der Waals surface area (Å²) in [5, 5.41) is 13.4. The molecular formula is C11H19N5O2. The van der Waals surface area contributed by atoms with Gasteiger partial charge in [-0.25, -0.2) is 4.79 Å². The van der Waals surface area contributed by atoms with Gasteiger partial charge in [0, 0.05) is 20.2 Å². The van der Waals surface area contributed by atoms with Crippen LogP contribution in [0.4, 0.5) is 4.79 Å². The van der Waals surface area contributed by atoms with Crippen molar-refractivity contribution in [3.8, 4) is 0 Å². The van der Waals surface area contributed by atoms with Gasteiger partial charge in [-0.2, -0.15) is 0 Å². The molecule has 2 unspecified atom stereocenters. The summed E-state index contributed by atoms with van der Waals surface area (Å²) in [6, 6.07) is -0.386. The minimum atomic E-state index is -0.207. The lowest BCUT2D eigenvalue weighted by Gasteiger charge is -2.15. The van der Waals surface area contributed by atoms with Crippen LogP contribution in [0.15, 0.2) is 6.33 Å². The summed E-state index contributed by atoms with van der Waals surface area (Å²) in [6.07, 6.45) is 3.85. The van der Waals surface area contributed by atoms with Crippen molar-refractivity contribution in [3.05, 3.63) is 12.2 Å². The zero-order chi connectivity index (χ0) is 13.0. The second-order valence-electron chi connectivity index (χ2n) is 4.51. The molecule has 0 saturated carbocycles. The Labute approximate surface area is 106 Å². The fourth-order valence-electron chi connectivity index (χ4n) is 2.01. The third kappa shape index (κ3) is 3.19. The average molecular weight is 253 g/mol. The molecule has 18 heavy (non-hydrogen) atoms. The number of ether oxygens (including phenoxy) is 1. The second kappa shape index (κ2) is 5.81. The van der Waals surface area contributed by atoms with E-state index in [-0.39, 0.29) is 18.2 Å². The van der Waals surface area contributed by atoms with Gasteiger partial charge in [-0.15, -0.1) is 10.2 Å². The van der Waals surface area contributed by atoms with E-state index in [1.807, 2.05) is 14.0 Å². The first-order chi connectivity index (χ1) is 8.66. The van der Waals surface area contributed by atoms with Gasteiger partial charge in [-0.3, -0.25) is 0 Å². The Balaban J connectivity index is 1.75. The maximum absolute atomic E-state index is 11.7. The van der Waals surface area contributed by atoms with Gasteiger partial charge < -0.3 is 19.9 Å². The zero-order valence-corrected chi connectivity index (χ0v) is 10.7. The molecule has 2 amide bonds. The summed E-state index contributed by atoms with van der Waals surface area (Å²) in [5.74, 6) is 0.724. The molecule has 2 rings (SSSR count). The number of amides is 2. The van der Waals surface area contributed by atoms with Gasteiger partial charge in [0.15, 0.2) is 5.82 Å². The fourth-order valence-corrected chi connectivity index (χ4v) is 2.01. The Morgan fingerprint density at radius 1 is 1.72 bits per heavy atom. The van der Waals surface area contributed by atoms with Crippen LogP contribution in [0.1, 0.15) is 31.6 Å². The second-order valence-corrected chi connectivity index (χ2v) is 4.51. The first kappa shape index (κ1) is 12.8. The van der Waals surface area contributed by atoms with E-state index in [1.54, 1.807) is 10.9 Å². The summed E-state index contributed by atoms with van der Waals surface area (Å²) in [5.41, 5.74) is 0. The molecule has 7 nitrogen and oxygen atoms in total. The Morgan fingerprint density at radius 2 is 2.56 bits per heavy atom. The number of hydrogen-bond acceptors (Lipinski definition) is 4. The van der Waals surface area contributed by atoms with Crippen molar-refractivity contribution >= 4 is 6.03 Å². The summed E-state index contributed by atoms with van der Waals surface area (Å²) < 4.78 is 7.21. The highest BCUT2D eigenvalue weighted by Crippen LogP contribution is 2.10.